The third kappa shape index (κ3) is 3.49. The number of halogens is 1. The third-order valence-corrected chi connectivity index (χ3v) is 7.28. The van der Waals surface area contributed by atoms with E-state index in [1.165, 1.54) is 0 Å². The SMILES string of the molecule is COc1cc2c(=O)c3c4ccc(C)cc4[nH]c3n(C(C)C)c2c(F)c1C1CCN(CCO)CC1. The van der Waals surface area contributed by atoms with E-state index in [4.69, 9.17) is 4.74 Å². The Labute approximate surface area is 197 Å². The number of fused-ring (bicyclic) bond motifs is 4. The molecule has 0 spiro atoms. The normalized spacial score (nSPS) is 15.9. The zero-order chi connectivity index (χ0) is 24.1. The first-order valence-corrected chi connectivity index (χ1v) is 12.1. The van der Waals surface area contributed by atoms with Gasteiger partial charge in [-0.25, -0.2) is 4.39 Å². The minimum absolute atomic E-state index is 0.00827. The lowest BCUT2D eigenvalue weighted by Gasteiger charge is -2.32. The number of H-pyrrole nitrogens is 1. The summed E-state index contributed by atoms with van der Waals surface area (Å²) in [6, 6.07) is 7.64. The van der Waals surface area contributed by atoms with E-state index in [0.717, 1.165) is 42.4 Å². The van der Waals surface area contributed by atoms with Gasteiger partial charge in [0, 0.05) is 29.1 Å². The van der Waals surface area contributed by atoms with Crippen LogP contribution < -0.4 is 10.2 Å². The van der Waals surface area contributed by atoms with Gasteiger partial charge in [0.2, 0.25) is 0 Å². The van der Waals surface area contributed by atoms with E-state index in [1.807, 2.05) is 43.5 Å². The molecule has 34 heavy (non-hydrogen) atoms. The van der Waals surface area contributed by atoms with Gasteiger partial charge in [-0.15, -0.1) is 0 Å². The van der Waals surface area contributed by atoms with Crippen LogP contribution in [0.4, 0.5) is 4.39 Å². The largest absolute Gasteiger partial charge is 0.496 e. The number of likely N-dealkylation sites (tertiary alicyclic amines) is 1. The highest BCUT2D eigenvalue weighted by Gasteiger charge is 2.30. The lowest BCUT2D eigenvalue weighted by molar-refractivity contribution is 0.163. The van der Waals surface area contributed by atoms with Crippen LogP contribution in [0.15, 0.2) is 29.1 Å². The maximum Gasteiger partial charge on any atom is 0.199 e. The van der Waals surface area contributed by atoms with E-state index in [2.05, 4.69) is 9.88 Å². The highest BCUT2D eigenvalue weighted by Crippen LogP contribution is 2.41. The second-order valence-corrected chi connectivity index (χ2v) is 9.73. The molecule has 2 aromatic carbocycles. The number of aromatic amines is 1. The molecule has 180 valence electrons. The number of hydrogen-bond donors (Lipinski definition) is 2. The van der Waals surface area contributed by atoms with E-state index in [9.17, 15) is 9.90 Å². The molecule has 0 atom stereocenters. The van der Waals surface area contributed by atoms with Crippen LogP contribution in [0.25, 0.3) is 32.8 Å². The van der Waals surface area contributed by atoms with Crippen molar-refractivity contribution in [2.45, 2.75) is 45.6 Å². The van der Waals surface area contributed by atoms with Crippen molar-refractivity contribution in [3.8, 4) is 5.75 Å². The number of nitrogens with zero attached hydrogens (tertiary/aromatic N) is 2. The quantitative estimate of drug-likeness (QED) is 0.442. The first kappa shape index (κ1) is 22.9. The molecule has 4 aromatic rings. The molecule has 1 saturated heterocycles. The van der Waals surface area contributed by atoms with E-state index >= 15 is 4.39 Å². The van der Waals surface area contributed by atoms with Gasteiger partial charge in [0.15, 0.2) is 11.2 Å². The number of aryl methyl sites for hydroxylation is 1. The first-order chi connectivity index (χ1) is 16.3. The van der Waals surface area contributed by atoms with Crippen LogP contribution in [0.5, 0.6) is 5.75 Å². The van der Waals surface area contributed by atoms with E-state index < -0.39 is 0 Å². The van der Waals surface area contributed by atoms with Gasteiger partial charge in [-0.05, 0) is 70.3 Å². The Kier molecular flexibility index (Phi) is 5.86. The summed E-state index contributed by atoms with van der Waals surface area (Å²) >= 11 is 0. The number of piperidine rings is 1. The maximum absolute atomic E-state index is 16.5. The molecule has 1 aliphatic heterocycles. The minimum Gasteiger partial charge on any atom is -0.496 e. The summed E-state index contributed by atoms with van der Waals surface area (Å²) in [5.74, 6) is 0.0663. The van der Waals surface area contributed by atoms with E-state index in [1.54, 1.807) is 13.2 Å². The van der Waals surface area contributed by atoms with Crippen molar-refractivity contribution in [1.82, 2.24) is 14.5 Å². The van der Waals surface area contributed by atoms with Crippen LogP contribution in [0.3, 0.4) is 0 Å². The number of nitrogens with one attached hydrogen (secondary N) is 1. The number of benzene rings is 2. The van der Waals surface area contributed by atoms with Crippen LogP contribution in [-0.4, -0.2) is 52.9 Å². The van der Waals surface area contributed by atoms with Crippen LogP contribution in [0, 0.1) is 12.7 Å². The van der Waals surface area contributed by atoms with Crippen molar-refractivity contribution in [3.05, 3.63) is 51.4 Å². The number of pyridine rings is 1. The third-order valence-electron chi connectivity index (χ3n) is 7.28. The molecule has 7 heteroatoms. The number of β-amino-alcohol motifs (C(OH)–C–C–N with tert-alkyl or cyclic N) is 1. The molecule has 0 amide bonds. The molecule has 2 N–H and O–H groups in total. The molecule has 0 unspecified atom stereocenters. The Balaban J connectivity index is 1.81. The zero-order valence-electron chi connectivity index (χ0n) is 20.2. The van der Waals surface area contributed by atoms with Crippen molar-refractivity contribution >= 4 is 32.8 Å². The lowest BCUT2D eigenvalue weighted by Crippen LogP contribution is -2.35. The fraction of sp³-hybridized carbons (Fsp3) is 0.444. The number of aliphatic hydroxyl groups is 1. The number of aromatic nitrogens is 2. The summed E-state index contributed by atoms with van der Waals surface area (Å²) < 4.78 is 24.1. The number of rotatable bonds is 5. The highest BCUT2D eigenvalue weighted by atomic mass is 19.1. The molecule has 0 aliphatic carbocycles. The van der Waals surface area contributed by atoms with Crippen LogP contribution in [0.2, 0.25) is 0 Å². The smallest absolute Gasteiger partial charge is 0.199 e. The second-order valence-electron chi connectivity index (χ2n) is 9.73. The van der Waals surface area contributed by atoms with Crippen molar-refractivity contribution < 1.29 is 14.2 Å². The fourth-order valence-electron chi connectivity index (χ4n) is 5.65. The average molecular weight is 466 g/mol. The van der Waals surface area contributed by atoms with E-state index in [0.29, 0.717) is 39.8 Å². The van der Waals surface area contributed by atoms with Crippen LogP contribution >= 0.6 is 0 Å². The van der Waals surface area contributed by atoms with Gasteiger partial charge in [0.05, 0.1) is 30.0 Å². The molecule has 5 rings (SSSR count). The molecule has 3 heterocycles. The van der Waals surface area contributed by atoms with Crippen LogP contribution in [0.1, 0.15) is 49.8 Å². The Morgan fingerprint density at radius 1 is 1.21 bits per heavy atom. The molecule has 2 aromatic heterocycles. The van der Waals surface area contributed by atoms with Crippen molar-refractivity contribution in [2.24, 2.45) is 0 Å². The molecule has 0 radical (unpaired) electrons. The number of aliphatic hydroxyl groups excluding tert-OH is 1. The first-order valence-electron chi connectivity index (χ1n) is 12.1. The molecule has 1 fully saturated rings. The van der Waals surface area contributed by atoms with Crippen LogP contribution in [-0.2, 0) is 0 Å². The Hall–Kier alpha value is -2.90. The van der Waals surface area contributed by atoms with Gasteiger partial charge in [0.25, 0.3) is 0 Å². The predicted molar refractivity (Wildman–Crippen MR) is 135 cm³/mol. The fourth-order valence-corrected chi connectivity index (χ4v) is 5.65. The van der Waals surface area contributed by atoms with Crippen molar-refractivity contribution in [3.63, 3.8) is 0 Å². The van der Waals surface area contributed by atoms with Gasteiger partial charge in [0.1, 0.15) is 11.4 Å². The molecule has 6 nitrogen and oxygen atoms in total. The Bertz CT molecular complexity index is 1450. The summed E-state index contributed by atoms with van der Waals surface area (Å²) in [7, 11) is 1.54. The predicted octanol–water partition coefficient (Wildman–Crippen LogP) is 4.84. The maximum atomic E-state index is 16.5. The molecular formula is C27H32FN3O3. The zero-order valence-corrected chi connectivity index (χ0v) is 20.2. The minimum atomic E-state index is -0.363. The second kappa shape index (κ2) is 8.71. The average Bonchev–Trinajstić information content (AvgIpc) is 3.18. The highest BCUT2D eigenvalue weighted by molar-refractivity contribution is 6.10. The summed E-state index contributed by atoms with van der Waals surface area (Å²) in [5.41, 5.74) is 3.33. The molecule has 0 bridgehead atoms. The lowest BCUT2D eigenvalue weighted by atomic mass is 9.87. The molecule has 0 saturated carbocycles. The van der Waals surface area contributed by atoms with Gasteiger partial charge in [-0.2, -0.15) is 0 Å². The summed E-state index contributed by atoms with van der Waals surface area (Å²) in [6.45, 7) is 8.38. The number of methoxy groups -OCH3 is 1. The van der Waals surface area contributed by atoms with Crippen molar-refractivity contribution in [2.75, 3.05) is 33.4 Å². The standard InChI is InChI=1S/C27H32FN3O3/c1-15(2)31-25-19(26(33)23-18-6-5-16(3)13-20(18)29-27(23)31)14-21(34-4)22(24(25)28)17-7-9-30(10-8-17)11-12-32/h5-6,13-15,17,29,32H,7-12H2,1-4H3. The van der Waals surface area contributed by atoms with E-state index in [-0.39, 0.29) is 29.8 Å². The Morgan fingerprint density at radius 3 is 2.59 bits per heavy atom. The number of hydrogen-bond acceptors (Lipinski definition) is 4. The summed E-state index contributed by atoms with van der Waals surface area (Å²) in [6.07, 6.45) is 1.55. The topological polar surface area (TPSA) is 70.5 Å². The van der Waals surface area contributed by atoms with Gasteiger partial charge >= 0.3 is 0 Å². The monoisotopic (exact) mass is 465 g/mol. The summed E-state index contributed by atoms with van der Waals surface area (Å²) in [4.78, 5) is 19.4. The van der Waals surface area contributed by atoms with Gasteiger partial charge in [-0.1, -0.05) is 12.1 Å². The number of ether oxygens (including phenoxy) is 1. The van der Waals surface area contributed by atoms with Gasteiger partial charge in [-0.3, -0.25) is 4.79 Å². The Morgan fingerprint density at radius 2 is 1.94 bits per heavy atom. The van der Waals surface area contributed by atoms with Gasteiger partial charge < -0.3 is 24.3 Å². The molecular weight excluding hydrogens is 433 g/mol. The van der Waals surface area contributed by atoms with Crippen molar-refractivity contribution in [1.29, 1.82) is 0 Å². The molecule has 1 aliphatic rings. The summed E-state index contributed by atoms with van der Waals surface area (Å²) in [5, 5.41) is 11.0.